The predicted molar refractivity (Wildman–Crippen MR) is 70.9 cm³/mol. The maximum Gasteiger partial charge on any atom is 0.305 e. The minimum absolute atomic E-state index is 0.124. The summed E-state index contributed by atoms with van der Waals surface area (Å²) < 4.78 is 8.92. The van der Waals surface area contributed by atoms with E-state index in [1.54, 1.807) is 0 Å². The van der Waals surface area contributed by atoms with Crippen LogP contribution in [0.4, 0.5) is 5.13 Å². The fourth-order valence-electron chi connectivity index (χ4n) is 1.68. The summed E-state index contributed by atoms with van der Waals surface area (Å²) in [5.41, 5.74) is 0. The number of rotatable bonds is 8. The summed E-state index contributed by atoms with van der Waals surface area (Å²) in [7, 11) is 1.43. The highest BCUT2D eigenvalue weighted by atomic mass is 32.1. The third-order valence-corrected chi connectivity index (χ3v) is 3.63. The van der Waals surface area contributed by atoms with E-state index in [9.17, 15) is 4.79 Å². The summed E-state index contributed by atoms with van der Waals surface area (Å²) in [4.78, 5) is 15.3. The van der Waals surface area contributed by atoms with E-state index < -0.39 is 0 Å². The minimum atomic E-state index is -0.124. The Hall–Kier alpha value is -1.17. The summed E-state index contributed by atoms with van der Waals surface area (Å²) in [5.74, 6) is 1.51. The highest BCUT2D eigenvalue weighted by Gasteiger charge is 2.27. The van der Waals surface area contributed by atoms with Crippen LogP contribution < -0.4 is 5.32 Å². The van der Waals surface area contributed by atoms with Crippen molar-refractivity contribution in [2.24, 2.45) is 0 Å². The van der Waals surface area contributed by atoms with Crippen LogP contribution in [0.2, 0.25) is 0 Å². The van der Waals surface area contributed by atoms with Gasteiger partial charge in [0, 0.05) is 30.4 Å². The molecule has 0 unspecified atom stereocenters. The first-order valence-electron chi connectivity index (χ1n) is 6.44. The average Bonchev–Trinajstić information content (AvgIpc) is 3.13. The number of esters is 1. The second-order valence-corrected chi connectivity index (χ2v) is 5.30. The van der Waals surface area contributed by atoms with Crippen molar-refractivity contribution in [2.45, 2.75) is 44.4 Å². The summed E-state index contributed by atoms with van der Waals surface area (Å²) in [6.07, 6.45) is 5.94. The molecule has 0 aliphatic heterocycles. The van der Waals surface area contributed by atoms with Crippen molar-refractivity contribution in [3.8, 4) is 0 Å². The lowest BCUT2D eigenvalue weighted by Crippen LogP contribution is -2.03. The lowest BCUT2D eigenvalue weighted by molar-refractivity contribution is -0.140. The molecule has 1 aliphatic rings. The molecule has 100 valence electrons. The van der Waals surface area contributed by atoms with Crippen LogP contribution in [-0.2, 0) is 9.53 Å². The quantitative estimate of drug-likeness (QED) is 0.580. The van der Waals surface area contributed by atoms with Gasteiger partial charge >= 0.3 is 5.97 Å². The van der Waals surface area contributed by atoms with Gasteiger partial charge in [-0.1, -0.05) is 6.42 Å². The Kier molecular flexibility index (Phi) is 4.92. The Morgan fingerprint density at radius 3 is 3.00 bits per heavy atom. The first-order chi connectivity index (χ1) is 8.79. The number of nitrogens with zero attached hydrogens (tertiary/aromatic N) is 2. The van der Waals surface area contributed by atoms with Gasteiger partial charge in [0.2, 0.25) is 5.13 Å². The van der Waals surface area contributed by atoms with Gasteiger partial charge in [0.05, 0.1) is 7.11 Å². The van der Waals surface area contributed by atoms with Crippen molar-refractivity contribution in [1.29, 1.82) is 0 Å². The molecule has 2 rings (SSSR count). The lowest BCUT2D eigenvalue weighted by Gasteiger charge is -2.01. The fourth-order valence-corrected chi connectivity index (χ4v) is 2.35. The monoisotopic (exact) mass is 269 g/mol. The standard InChI is InChI=1S/C12H19N3O2S/c1-17-10(16)5-3-2-4-8-13-12-14-11(15-18-12)9-6-7-9/h9H,2-8H2,1H3,(H,13,14,15). The zero-order valence-electron chi connectivity index (χ0n) is 10.6. The summed E-state index contributed by atoms with van der Waals surface area (Å²) in [6.45, 7) is 0.889. The van der Waals surface area contributed by atoms with Crippen LogP contribution in [0, 0.1) is 0 Å². The molecule has 1 aromatic rings. The Morgan fingerprint density at radius 2 is 2.28 bits per heavy atom. The second-order valence-electron chi connectivity index (χ2n) is 4.55. The molecule has 0 amide bonds. The third kappa shape index (κ3) is 4.25. The first-order valence-corrected chi connectivity index (χ1v) is 7.21. The van der Waals surface area contributed by atoms with Crippen LogP contribution in [-0.4, -0.2) is 29.0 Å². The molecule has 1 N–H and O–H groups in total. The highest BCUT2D eigenvalue weighted by Crippen LogP contribution is 2.39. The molecule has 1 heterocycles. The Balaban J connectivity index is 1.53. The number of anilines is 1. The van der Waals surface area contributed by atoms with Crippen LogP contribution >= 0.6 is 11.5 Å². The predicted octanol–water partition coefficient (Wildman–Crippen LogP) is 2.56. The van der Waals surface area contributed by atoms with E-state index in [1.807, 2.05) is 0 Å². The van der Waals surface area contributed by atoms with E-state index in [2.05, 4.69) is 19.4 Å². The normalized spacial score (nSPS) is 14.5. The topological polar surface area (TPSA) is 64.1 Å². The summed E-state index contributed by atoms with van der Waals surface area (Å²) in [5, 5.41) is 4.20. The van der Waals surface area contributed by atoms with Gasteiger partial charge in [-0.25, -0.2) is 4.98 Å². The van der Waals surface area contributed by atoms with Gasteiger partial charge in [-0.05, 0) is 25.7 Å². The Labute approximate surface area is 111 Å². The van der Waals surface area contributed by atoms with E-state index in [0.29, 0.717) is 12.3 Å². The number of ether oxygens (including phenoxy) is 1. The Morgan fingerprint density at radius 1 is 1.44 bits per heavy atom. The van der Waals surface area contributed by atoms with Crippen molar-refractivity contribution < 1.29 is 9.53 Å². The number of carbonyl (C=O) groups excluding carboxylic acids is 1. The summed E-state index contributed by atoms with van der Waals surface area (Å²) in [6, 6.07) is 0. The maximum atomic E-state index is 10.9. The average molecular weight is 269 g/mol. The van der Waals surface area contributed by atoms with Crippen LogP contribution in [0.3, 0.4) is 0 Å². The van der Waals surface area contributed by atoms with Gasteiger partial charge < -0.3 is 10.1 Å². The van der Waals surface area contributed by atoms with Gasteiger partial charge in [-0.15, -0.1) is 0 Å². The largest absolute Gasteiger partial charge is 0.469 e. The van der Waals surface area contributed by atoms with Crippen molar-refractivity contribution in [1.82, 2.24) is 9.36 Å². The van der Waals surface area contributed by atoms with E-state index in [4.69, 9.17) is 0 Å². The number of hydrogen-bond acceptors (Lipinski definition) is 6. The molecule has 0 radical (unpaired) electrons. The molecule has 6 heteroatoms. The number of unbranched alkanes of at least 4 members (excludes halogenated alkanes) is 2. The fraction of sp³-hybridized carbons (Fsp3) is 0.750. The van der Waals surface area contributed by atoms with Gasteiger partial charge in [0.15, 0.2) is 0 Å². The van der Waals surface area contributed by atoms with Crippen LogP contribution in [0.15, 0.2) is 0 Å². The minimum Gasteiger partial charge on any atom is -0.469 e. The van der Waals surface area contributed by atoms with Gasteiger partial charge in [0.1, 0.15) is 5.82 Å². The van der Waals surface area contributed by atoms with Crippen molar-refractivity contribution >= 4 is 22.6 Å². The number of methoxy groups -OCH3 is 1. The van der Waals surface area contributed by atoms with E-state index in [0.717, 1.165) is 36.8 Å². The SMILES string of the molecule is COC(=O)CCCCCNc1nc(C2CC2)ns1. The third-order valence-electron chi connectivity index (χ3n) is 2.95. The summed E-state index contributed by atoms with van der Waals surface area (Å²) >= 11 is 1.44. The molecule has 5 nitrogen and oxygen atoms in total. The van der Waals surface area contributed by atoms with Crippen LogP contribution in [0.5, 0.6) is 0 Å². The Bertz CT molecular complexity index is 390. The van der Waals surface area contributed by atoms with Gasteiger partial charge in [-0.2, -0.15) is 4.37 Å². The van der Waals surface area contributed by atoms with Gasteiger partial charge in [0.25, 0.3) is 0 Å². The highest BCUT2D eigenvalue weighted by molar-refractivity contribution is 7.09. The van der Waals surface area contributed by atoms with Gasteiger partial charge in [-0.3, -0.25) is 4.79 Å². The molecule has 0 saturated heterocycles. The molecular formula is C12H19N3O2S. The molecule has 0 aromatic carbocycles. The molecule has 18 heavy (non-hydrogen) atoms. The molecule has 1 aliphatic carbocycles. The van der Waals surface area contributed by atoms with E-state index >= 15 is 0 Å². The zero-order valence-corrected chi connectivity index (χ0v) is 11.5. The smallest absolute Gasteiger partial charge is 0.305 e. The molecule has 0 spiro atoms. The molecule has 0 bridgehead atoms. The van der Waals surface area contributed by atoms with Crippen LogP contribution in [0.1, 0.15) is 50.3 Å². The molecule has 1 saturated carbocycles. The molecular weight excluding hydrogens is 250 g/mol. The lowest BCUT2D eigenvalue weighted by atomic mass is 10.2. The molecule has 1 aromatic heterocycles. The van der Waals surface area contributed by atoms with Crippen molar-refractivity contribution in [3.05, 3.63) is 5.82 Å². The number of hydrogen-bond donors (Lipinski definition) is 1. The first kappa shape index (κ1) is 13.3. The number of aromatic nitrogens is 2. The number of nitrogens with one attached hydrogen (secondary N) is 1. The number of carbonyl (C=O) groups is 1. The molecule has 0 atom stereocenters. The second kappa shape index (κ2) is 6.68. The van der Waals surface area contributed by atoms with E-state index in [-0.39, 0.29) is 5.97 Å². The van der Waals surface area contributed by atoms with E-state index in [1.165, 1.54) is 31.5 Å². The van der Waals surface area contributed by atoms with Crippen molar-refractivity contribution in [2.75, 3.05) is 19.0 Å². The maximum absolute atomic E-state index is 10.9. The van der Waals surface area contributed by atoms with Crippen molar-refractivity contribution in [3.63, 3.8) is 0 Å². The zero-order chi connectivity index (χ0) is 12.8. The molecule has 1 fully saturated rings. The van der Waals surface area contributed by atoms with Crippen LogP contribution in [0.25, 0.3) is 0 Å².